The Hall–Kier alpha value is -2.56. The second-order valence-electron chi connectivity index (χ2n) is 5.41. The van der Waals surface area contributed by atoms with Crippen LogP contribution in [-0.2, 0) is 5.54 Å². The average molecular weight is 302 g/mol. The highest BCUT2D eigenvalue weighted by molar-refractivity contribution is 5.89. The third kappa shape index (κ3) is 3.75. The van der Waals surface area contributed by atoms with Crippen LogP contribution in [0.3, 0.4) is 0 Å². The number of methoxy groups -OCH3 is 1. The SMILES string of the molecule is COc1ccc(C(C)(C)NC(=O)Nc2ccccc2F)cc1. The highest BCUT2D eigenvalue weighted by atomic mass is 19.1. The third-order valence-electron chi connectivity index (χ3n) is 3.36. The average Bonchev–Trinajstić information content (AvgIpc) is 2.49. The number of rotatable bonds is 4. The van der Waals surface area contributed by atoms with Gasteiger partial charge < -0.3 is 15.4 Å². The number of ether oxygens (including phenoxy) is 1. The lowest BCUT2D eigenvalue weighted by molar-refractivity contribution is 0.241. The molecule has 0 spiro atoms. The summed E-state index contributed by atoms with van der Waals surface area (Å²) in [7, 11) is 1.60. The molecule has 2 amide bonds. The van der Waals surface area contributed by atoms with Crippen LogP contribution in [0.2, 0.25) is 0 Å². The molecule has 0 bridgehead atoms. The van der Waals surface area contributed by atoms with Gasteiger partial charge >= 0.3 is 6.03 Å². The van der Waals surface area contributed by atoms with Gasteiger partial charge in [-0.2, -0.15) is 0 Å². The standard InChI is InChI=1S/C17H19FN2O2/c1-17(2,12-8-10-13(22-3)11-9-12)20-16(21)19-15-7-5-4-6-14(15)18/h4-11H,1-3H3,(H2,19,20,21). The van der Waals surface area contributed by atoms with Gasteiger partial charge in [0, 0.05) is 0 Å². The zero-order valence-electron chi connectivity index (χ0n) is 12.8. The van der Waals surface area contributed by atoms with Gasteiger partial charge in [0.1, 0.15) is 11.6 Å². The van der Waals surface area contributed by atoms with Crippen LogP contribution in [0.25, 0.3) is 0 Å². The number of anilines is 1. The molecule has 2 aromatic carbocycles. The molecule has 2 rings (SSSR count). The zero-order chi connectivity index (χ0) is 16.2. The topological polar surface area (TPSA) is 50.4 Å². The minimum Gasteiger partial charge on any atom is -0.497 e. The summed E-state index contributed by atoms with van der Waals surface area (Å²) < 4.78 is 18.6. The van der Waals surface area contributed by atoms with E-state index in [1.165, 1.54) is 12.1 Å². The molecule has 0 heterocycles. The molecular weight excluding hydrogens is 283 g/mol. The van der Waals surface area contributed by atoms with Crippen LogP contribution in [0, 0.1) is 5.82 Å². The van der Waals surface area contributed by atoms with Crippen molar-refractivity contribution in [3.05, 3.63) is 59.9 Å². The van der Waals surface area contributed by atoms with E-state index in [0.717, 1.165) is 11.3 Å². The lowest BCUT2D eigenvalue weighted by Crippen LogP contribution is -2.43. The van der Waals surface area contributed by atoms with Crippen molar-refractivity contribution < 1.29 is 13.9 Å². The van der Waals surface area contributed by atoms with E-state index in [9.17, 15) is 9.18 Å². The maximum absolute atomic E-state index is 13.5. The van der Waals surface area contributed by atoms with E-state index in [1.807, 2.05) is 38.1 Å². The van der Waals surface area contributed by atoms with E-state index in [1.54, 1.807) is 19.2 Å². The van der Waals surface area contributed by atoms with E-state index in [0.29, 0.717) is 0 Å². The third-order valence-corrected chi connectivity index (χ3v) is 3.36. The number of carbonyl (C=O) groups excluding carboxylic acids is 1. The van der Waals surface area contributed by atoms with E-state index in [4.69, 9.17) is 4.74 Å². The molecule has 0 fully saturated rings. The normalized spacial score (nSPS) is 10.9. The van der Waals surface area contributed by atoms with E-state index < -0.39 is 17.4 Å². The number of para-hydroxylation sites is 1. The van der Waals surface area contributed by atoms with E-state index >= 15 is 0 Å². The number of halogens is 1. The highest BCUT2D eigenvalue weighted by Crippen LogP contribution is 2.23. The minimum atomic E-state index is -0.610. The Morgan fingerprint density at radius 1 is 1.09 bits per heavy atom. The van der Waals surface area contributed by atoms with Gasteiger partial charge in [-0.15, -0.1) is 0 Å². The fourth-order valence-corrected chi connectivity index (χ4v) is 2.08. The first-order chi connectivity index (χ1) is 10.4. The van der Waals surface area contributed by atoms with Crippen molar-refractivity contribution in [2.24, 2.45) is 0 Å². The second-order valence-corrected chi connectivity index (χ2v) is 5.41. The number of hydrogen-bond donors (Lipinski definition) is 2. The van der Waals surface area contributed by atoms with Crippen LogP contribution in [0.15, 0.2) is 48.5 Å². The van der Waals surface area contributed by atoms with Crippen molar-refractivity contribution in [3.63, 3.8) is 0 Å². The van der Waals surface area contributed by atoms with Gasteiger partial charge in [-0.25, -0.2) is 9.18 Å². The quantitative estimate of drug-likeness (QED) is 0.900. The maximum Gasteiger partial charge on any atom is 0.320 e. The van der Waals surface area contributed by atoms with Crippen molar-refractivity contribution in [2.75, 3.05) is 12.4 Å². The molecular formula is C17H19FN2O2. The van der Waals surface area contributed by atoms with Gasteiger partial charge in [0.2, 0.25) is 0 Å². The Bertz CT molecular complexity index is 654. The molecule has 0 aliphatic carbocycles. The van der Waals surface area contributed by atoms with Crippen molar-refractivity contribution in [2.45, 2.75) is 19.4 Å². The van der Waals surface area contributed by atoms with Gasteiger partial charge in [0.15, 0.2) is 0 Å². The zero-order valence-corrected chi connectivity index (χ0v) is 12.8. The molecule has 0 aliphatic rings. The number of benzene rings is 2. The number of carbonyl (C=O) groups is 1. The molecule has 116 valence electrons. The molecule has 0 atom stereocenters. The van der Waals surface area contributed by atoms with E-state index in [2.05, 4.69) is 10.6 Å². The summed E-state index contributed by atoms with van der Waals surface area (Å²) in [5.41, 5.74) is 0.448. The lowest BCUT2D eigenvalue weighted by atomic mass is 9.94. The minimum absolute atomic E-state index is 0.144. The molecule has 0 unspecified atom stereocenters. The molecule has 4 nitrogen and oxygen atoms in total. The summed E-state index contributed by atoms with van der Waals surface area (Å²) in [5, 5.41) is 5.34. The van der Waals surface area contributed by atoms with Crippen molar-refractivity contribution >= 4 is 11.7 Å². The van der Waals surface area contributed by atoms with Crippen molar-refractivity contribution in [1.29, 1.82) is 0 Å². The Balaban J connectivity index is 2.07. The Labute approximate surface area is 129 Å². The molecule has 0 saturated heterocycles. The van der Waals surface area contributed by atoms with Crippen molar-refractivity contribution in [3.8, 4) is 5.75 Å². The van der Waals surface area contributed by atoms with Gasteiger partial charge in [-0.05, 0) is 43.7 Å². The molecule has 0 aliphatic heterocycles. The fraction of sp³-hybridized carbons (Fsp3) is 0.235. The van der Waals surface area contributed by atoms with E-state index in [-0.39, 0.29) is 5.69 Å². The fourth-order valence-electron chi connectivity index (χ4n) is 2.08. The Morgan fingerprint density at radius 2 is 1.73 bits per heavy atom. The summed E-state index contributed by atoms with van der Waals surface area (Å²) >= 11 is 0. The second kappa shape index (κ2) is 6.47. The van der Waals surface area contributed by atoms with Gasteiger partial charge in [0.05, 0.1) is 18.3 Å². The molecule has 2 N–H and O–H groups in total. The monoisotopic (exact) mass is 302 g/mol. The molecule has 0 aromatic heterocycles. The highest BCUT2D eigenvalue weighted by Gasteiger charge is 2.23. The predicted octanol–water partition coefficient (Wildman–Crippen LogP) is 3.89. The van der Waals surface area contributed by atoms with Crippen LogP contribution in [0.5, 0.6) is 5.75 Å². The van der Waals surface area contributed by atoms with Crippen LogP contribution in [0.4, 0.5) is 14.9 Å². The number of amides is 2. The first kappa shape index (κ1) is 15.8. The maximum atomic E-state index is 13.5. The van der Waals surface area contributed by atoms with Gasteiger partial charge in [-0.1, -0.05) is 24.3 Å². The summed E-state index contributed by atoms with van der Waals surface area (Å²) in [6, 6.07) is 13.0. The smallest absolute Gasteiger partial charge is 0.320 e. The first-order valence-corrected chi connectivity index (χ1v) is 6.90. The number of hydrogen-bond acceptors (Lipinski definition) is 2. The molecule has 22 heavy (non-hydrogen) atoms. The molecule has 0 saturated carbocycles. The Morgan fingerprint density at radius 3 is 2.32 bits per heavy atom. The Kier molecular flexibility index (Phi) is 4.65. The summed E-state index contributed by atoms with van der Waals surface area (Å²) in [6.07, 6.45) is 0. The number of nitrogens with one attached hydrogen (secondary N) is 2. The summed E-state index contributed by atoms with van der Waals surface area (Å²) in [4.78, 5) is 12.1. The van der Waals surface area contributed by atoms with Crippen LogP contribution in [-0.4, -0.2) is 13.1 Å². The lowest BCUT2D eigenvalue weighted by Gasteiger charge is -2.27. The largest absolute Gasteiger partial charge is 0.497 e. The summed E-state index contributed by atoms with van der Waals surface area (Å²) in [6.45, 7) is 3.74. The molecule has 0 radical (unpaired) electrons. The predicted molar refractivity (Wildman–Crippen MR) is 84.6 cm³/mol. The van der Waals surface area contributed by atoms with Gasteiger partial charge in [-0.3, -0.25) is 0 Å². The first-order valence-electron chi connectivity index (χ1n) is 6.90. The number of urea groups is 1. The van der Waals surface area contributed by atoms with Gasteiger partial charge in [0.25, 0.3) is 0 Å². The van der Waals surface area contributed by atoms with Crippen LogP contribution in [0.1, 0.15) is 19.4 Å². The summed E-state index contributed by atoms with van der Waals surface area (Å²) in [5.74, 6) is 0.273. The van der Waals surface area contributed by atoms with Crippen molar-refractivity contribution in [1.82, 2.24) is 5.32 Å². The van der Waals surface area contributed by atoms with Crippen LogP contribution >= 0.6 is 0 Å². The molecule has 5 heteroatoms. The van der Waals surface area contributed by atoms with Crippen LogP contribution < -0.4 is 15.4 Å². The molecule has 2 aromatic rings.